The zero-order valence-corrected chi connectivity index (χ0v) is 10.3. The van der Waals surface area contributed by atoms with E-state index >= 15 is 0 Å². The lowest BCUT2D eigenvalue weighted by molar-refractivity contribution is -0.149. The second kappa shape index (κ2) is 6.18. The molecule has 98 valence electrons. The number of allylic oxidation sites excluding steroid dienone is 4. The van der Waals surface area contributed by atoms with Crippen molar-refractivity contribution in [1.82, 2.24) is 4.31 Å². The molecule has 1 fully saturated rings. The van der Waals surface area contributed by atoms with Gasteiger partial charge in [-0.05, 0) is 12.2 Å². The molecule has 1 unspecified atom stereocenters. The Bertz CT molecular complexity index is 454. The fourth-order valence-electron chi connectivity index (χ4n) is 1.40. The van der Waals surface area contributed by atoms with Crippen molar-refractivity contribution in [3.63, 3.8) is 0 Å². The predicted molar refractivity (Wildman–Crippen MR) is 64.7 cm³/mol. The van der Waals surface area contributed by atoms with Crippen LogP contribution in [0.4, 0.5) is 0 Å². The lowest BCUT2D eigenvalue weighted by Gasteiger charge is -2.37. The van der Waals surface area contributed by atoms with Crippen LogP contribution < -0.4 is 0 Å². The van der Waals surface area contributed by atoms with E-state index < -0.39 is 23.3 Å². The van der Waals surface area contributed by atoms with Crippen LogP contribution >= 0.6 is 0 Å². The zero-order chi connectivity index (χ0) is 13.7. The Hall–Kier alpha value is -1.86. The number of ether oxygens (including phenoxy) is 1. The van der Waals surface area contributed by atoms with Crippen LogP contribution in [0.3, 0.4) is 0 Å². The van der Waals surface area contributed by atoms with E-state index in [-0.39, 0.29) is 18.0 Å². The summed E-state index contributed by atoms with van der Waals surface area (Å²) in [4.78, 5) is 10.9. The van der Waals surface area contributed by atoms with Crippen LogP contribution in [0.15, 0.2) is 48.9 Å². The van der Waals surface area contributed by atoms with Crippen molar-refractivity contribution in [3.8, 4) is 0 Å². The quantitative estimate of drug-likeness (QED) is 0.760. The zero-order valence-electron chi connectivity index (χ0n) is 9.44. The van der Waals surface area contributed by atoms with Gasteiger partial charge in [0.25, 0.3) is 0 Å². The molecule has 7 heteroatoms. The van der Waals surface area contributed by atoms with E-state index in [0.29, 0.717) is 0 Å². The number of carbonyl (C=O) groups is 1. The fourth-order valence-corrected chi connectivity index (χ4v) is 1.97. The molecule has 1 heterocycles. The van der Waals surface area contributed by atoms with Gasteiger partial charge in [0.2, 0.25) is 6.10 Å². The van der Waals surface area contributed by atoms with Crippen LogP contribution in [0.5, 0.6) is 0 Å². The molecule has 1 aliphatic heterocycles. The number of hydrogen-bond donors (Lipinski definition) is 1. The summed E-state index contributed by atoms with van der Waals surface area (Å²) in [5.74, 6) is -1.12. The molecule has 0 amide bonds. The monoisotopic (exact) mass is 270 g/mol. The Morgan fingerprint density at radius 3 is 2.56 bits per heavy atom. The molecule has 18 heavy (non-hydrogen) atoms. The van der Waals surface area contributed by atoms with Gasteiger partial charge in [-0.3, -0.25) is 8.51 Å². The van der Waals surface area contributed by atoms with Gasteiger partial charge in [-0.15, -0.1) is 0 Å². The molecule has 0 radical (unpaired) electrons. The third-order valence-electron chi connectivity index (χ3n) is 2.12. The number of carboxylic acid groups (broad SMARTS) is 1. The maximum atomic E-state index is 11.1. The molecular weight excluding hydrogens is 258 g/mol. The first-order chi connectivity index (χ1) is 8.51. The minimum atomic E-state index is -2.60. The van der Waals surface area contributed by atoms with E-state index in [1.54, 1.807) is 0 Å². The molecular formula is C11H12NO5S-. The van der Waals surface area contributed by atoms with Crippen LogP contribution in [0.1, 0.15) is 0 Å². The van der Waals surface area contributed by atoms with Crippen molar-refractivity contribution >= 4 is 17.2 Å². The second-order valence-corrected chi connectivity index (χ2v) is 4.15. The van der Waals surface area contributed by atoms with Crippen LogP contribution in [0, 0.1) is 0 Å². The van der Waals surface area contributed by atoms with Gasteiger partial charge in [0.15, 0.2) is 0 Å². The maximum Gasteiger partial charge on any atom is 0.346 e. The van der Waals surface area contributed by atoms with E-state index in [1.807, 2.05) is 0 Å². The molecule has 0 aromatic heterocycles. The first-order valence-corrected chi connectivity index (χ1v) is 5.96. The molecule has 2 atom stereocenters. The molecule has 0 saturated carbocycles. The number of aliphatic carboxylic acids is 1. The molecule has 1 N–H and O–H groups in total. The molecule has 0 spiro atoms. The van der Waals surface area contributed by atoms with E-state index in [4.69, 9.17) is 9.84 Å². The molecule has 1 aliphatic rings. The minimum Gasteiger partial charge on any atom is -0.755 e. The van der Waals surface area contributed by atoms with Gasteiger partial charge in [0.1, 0.15) is 5.76 Å². The Morgan fingerprint density at radius 2 is 2.11 bits per heavy atom. The fraction of sp³-hybridized carbons (Fsp3) is 0.182. The highest BCUT2D eigenvalue weighted by atomic mass is 32.2. The van der Waals surface area contributed by atoms with Crippen molar-refractivity contribution in [3.05, 3.63) is 48.9 Å². The summed E-state index contributed by atoms with van der Waals surface area (Å²) < 4.78 is 28.3. The summed E-state index contributed by atoms with van der Waals surface area (Å²) in [6, 6.07) is 0. The summed E-state index contributed by atoms with van der Waals surface area (Å²) in [6.07, 6.45) is 4.32. The van der Waals surface area contributed by atoms with Gasteiger partial charge < -0.3 is 14.4 Å². The van der Waals surface area contributed by atoms with E-state index in [9.17, 15) is 13.6 Å². The maximum absolute atomic E-state index is 11.1. The summed E-state index contributed by atoms with van der Waals surface area (Å²) >= 11 is -2.60. The molecule has 0 aliphatic carbocycles. The predicted octanol–water partition coefficient (Wildman–Crippen LogP) is 0.706. The average molecular weight is 270 g/mol. The Labute approximate surface area is 107 Å². The van der Waals surface area contributed by atoms with Crippen LogP contribution in [0.25, 0.3) is 0 Å². The second-order valence-electron chi connectivity index (χ2n) is 3.28. The van der Waals surface area contributed by atoms with E-state index in [2.05, 4.69) is 13.2 Å². The van der Waals surface area contributed by atoms with Crippen molar-refractivity contribution in [1.29, 1.82) is 0 Å². The summed E-state index contributed by atoms with van der Waals surface area (Å²) in [7, 11) is 0. The Morgan fingerprint density at radius 1 is 1.50 bits per heavy atom. The van der Waals surface area contributed by atoms with Gasteiger partial charge in [0.05, 0.1) is 12.2 Å². The Kier molecular flexibility index (Phi) is 4.87. The van der Waals surface area contributed by atoms with E-state index in [1.165, 1.54) is 24.3 Å². The molecule has 0 aromatic rings. The number of carboxylic acids is 1. The van der Waals surface area contributed by atoms with Crippen molar-refractivity contribution in [2.45, 2.75) is 6.10 Å². The number of nitrogens with zero attached hydrogens (tertiary/aromatic N) is 1. The Balaban J connectivity index is 3.21. The highest BCUT2D eigenvalue weighted by Gasteiger charge is 2.32. The number of hydrogen-bond acceptors (Lipinski definition) is 4. The van der Waals surface area contributed by atoms with Crippen LogP contribution in [-0.4, -0.2) is 36.8 Å². The van der Waals surface area contributed by atoms with Crippen molar-refractivity contribution in [2.75, 3.05) is 6.54 Å². The molecule has 6 nitrogen and oxygen atoms in total. The van der Waals surface area contributed by atoms with Crippen molar-refractivity contribution < 1.29 is 23.4 Å². The lowest BCUT2D eigenvalue weighted by atomic mass is 10.2. The largest absolute Gasteiger partial charge is 0.755 e. The van der Waals surface area contributed by atoms with Crippen LogP contribution in [0.2, 0.25) is 0 Å². The van der Waals surface area contributed by atoms with Crippen molar-refractivity contribution in [2.24, 2.45) is 0 Å². The summed E-state index contributed by atoms with van der Waals surface area (Å²) in [5, 5.41) is 8.89. The third kappa shape index (κ3) is 3.08. The van der Waals surface area contributed by atoms with Gasteiger partial charge in [0, 0.05) is 11.3 Å². The van der Waals surface area contributed by atoms with Gasteiger partial charge >= 0.3 is 5.97 Å². The normalized spacial score (nSPS) is 25.6. The third-order valence-corrected chi connectivity index (χ3v) is 2.83. The summed E-state index contributed by atoms with van der Waals surface area (Å²) in [5.41, 5.74) is 0.218. The van der Waals surface area contributed by atoms with Gasteiger partial charge in [-0.1, -0.05) is 25.3 Å². The van der Waals surface area contributed by atoms with Gasteiger partial charge in [-0.2, -0.15) is 0 Å². The number of morpholine rings is 1. The number of rotatable bonds is 4. The standard InChI is InChI=1S/C11H13NO5S/c1-3-5-8-9(6-4-2)17-10(11(13)14)7-12(8)18(15)16/h3-6,10H,1-2,7H2,(H,13,14)(H,15,16)/p-1/b8-5+,9-6+/t10-/m1/s1. The van der Waals surface area contributed by atoms with Crippen LogP contribution in [-0.2, 0) is 20.8 Å². The minimum absolute atomic E-state index is 0.118. The first kappa shape index (κ1) is 14.2. The SMILES string of the molecule is C=C/C=C1/O[C@@H](C(=O)O)CN(S(=O)[O-])/C1=C/C=C. The molecule has 0 bridgehead atoms. The van der Waals surface area contributed by atoms with Gasteiger partial charge in [-0.25, -0.2) is 4.79 Å². The molecule has 1 rings (SSSR count). The highest BCUT2D eigenvalue weighted by Crippen LogP contribution is 2.26. The summed E-state index contributed by atoms with van der Waals surface area (Å²) in [6.45, 7) is 6.64. The highest BCUT2D eigenvalue weighted by molar-refractivity contribution is 7.76. The topological polar surface area (TPSA) is 89.9 Å². The molecule has 0 aromatic carbocycles. The van der Waals surface area contributed by atoms with E-state index in [0.717, 1.165) is 4.31 Å². The smallest absolute Gasteiger partial charge is 0.346 e. The first-order valence-electron chi connectivity index (χ1n) is 4.93. The lowest BCUT2D eigenvalue weighted by Crippen LogP contribution is -2.44. The molecule has 1 saturated heterocycles. The average Bonchev–Trinajstić information content (AvgIpc) is 2.30.